The maximum Gasteiger partial charge on any atom is 0.344 e. The van der Waals surface area contributed by atoms with Crippen molar-refractivity contribution >= 4 is 21.9 Å². The highest BCUT2D eigenvalue weighted by Gasteiger charge is 2.30. The lowest BCUT2D eigenvalue weighted by Crippen LogP contribution is -2.41. The van der Waals surface area contributed by atoms with Crippen molar-refractivity contribution in [1.29, 1.82) is 0 Å². The van der Waals surface area contributed by atoms with Gasteiger partial charge in [0.15, 0.2) is 12.4 Å². The molecule has 3 aromatic rings. The molecule has 0 radical (unpaired) electrons. The molecule has 0 fully saturated rings. The molecule has 0 N–H and O–H groups in total. The molecule has 0 aliphatic rings. The topological polar surface area (TPSA) is 102 Å². The number of aromatic nitrogens is 3. The van der Waals surface area contributed by atoms with Gasteiger partial charge >= 0.3 is 11.7 Å². The van der Waals surface area contributed by atoms with Crippen LogP contribution in [0.4, 0.5) is 13.2 Å². The second kappa shape index (κ2) is 10.3. The van der Waals surface area contributed by atoms with E-state index in [-0.39, 0.29) is 28.5 Å². The first kappa shape index (κ1) is 26.0. The number of rotatable bonds is 8. The van der Waals surface area contributed by atoms with Crippen molar-refractivity contribution in [2.75, 3.05) is 13.2 Å². The van der Waals surface area contributed by atoms with Gasteiger partial charge in [-0.3, -0.25) is 9.36 Å². The zero-order valence-corrected chi connectivity index (χ0v) is 20.3. The van der Waals surface area contributed by atoms with E-state index < -0.39 is 46.9 Å². The van der Waals surface area contributed by atoms with Crippen LogP contribution in [-0.4, -0.2) is 33.3 Å². The van der Waals surface area contributed by atoms with Gasteiger partial charge in [0.25, 0.3) is 17.4 Å². The van der Waals surface area contributed by atoms with Crippen LogP contribution in [0.1, 0.15) is 19.5 Å². The lowest BCUT2D eigenvalue weighted by molar-refractivity contribution is -0.145. The summed E-state index contributed by atoms with van der Waals surface area (Å²) in [4.78, 5) is 40.8. The van der Waals surface area contributed by atoms with Crippen LogP contribution in [0.2, 0.25) is 0 Å². The van der Waals surface area contributed by atoms with Gasteiger partial charge in [0.05, 0.1) is 22.5 Å². The number of carbonyl (C=O) groups is 1. The van der Waals surface area contributed by atoms with Crippen LogP contribution in [0.5, 0.6) is 17.4 Å². The Balaban J connectivity index is 2.05. The number of benzene rings is 1. The quantitative estimate of drug-likeness (QED) is 0.389. The fraction of sp³-hybridized carbons (Fsp3) is 0.273. The second-order valence-electron chi connectivity index (χ2n) is 7.17. The van der Waals surface area contributed by atoms with Crippen LogP contribution in [-0.2, 0) is 22.5 Å². The van der Waals surface area contributed by atoms with Gasteiger partial charge in [0, 0.05) is 32.3 Å². The SMILES string of the molecule is CCOC(=O)COc1ncccc1Oc1cc(-n2c(=O)cc(C(C)(F)F)n(C)c2=O)c(F)cc1Br. The van der Waals surface area contributed by atoms with E-state index in [9.17, 15) is 27.6 Å². The van der Waals surface area contributed by atoms with Crippen LogP contribution in [0.3, 0.4) is 0 Å². The standard InChI is InChI=1S/C22H19BrF3N3O6/c1-4-33-19(31)11-34-20-15(6-5-7-27-20)35-16-9-14(13(24)8-12(16)23)29-18(30)10-17(22(2,25)26)28(3)21(29)32/h5-10H,4,11H2,1-3H3. The number of esters is 1. The Morgan fingerprint density at radius 3 is 2.57 bits per heavy atom. The molecule has 1 aromatic carbocycles. The Kier molecular flexibility index (Phi) is 7.68. The predicted molar refractivity (Wildman–Crippen MR) is 121 cm³/mol. The number of halogens is 4. The number of nitrogens with zero attached hydrogens (tertiary/aromatic N) is 3. The van der Waals surface area contributed by atoms with E-state index in [2.05, 4.69) is 20.9 Å². The summed E-state index contributed by atoms with van der Waals surface area (Å²) in [7, 11) is 1.04. The molecular weight excluding hydrogens is 539 g/mol. The Morgan fingerprint density at radius 2 is 1.91 bits per heavy atom. The summed E-state index contributed by atoms with van der Waals surface area (Å²) in [6.07, 6.45) is 1.38. The zero-order valence-electron chi connectivity index (χ0n) is 18.7. The van der Waals surface area contributed by atoms with Crippen molar-refractivity contribution in [3.63, 3.8) is 0 Å². The molecule has 35 heavy (non-hydrogen) atoms. The average molecular weight is 558 g/mol. The van der Waals surface area contributed by atoms with Crippen molar-refractivity contribution in [3.8, 4) is 23.1 Å². The lowest BCUT2D eigenvalue weighted by atomic mass is 10.2. The molecule has 0 bridgehead atoms. The van der Waals surface area contributed by atoms with Gasteiger partial charge in [-0.15, -0.1) is 0 Å². The summed E-state index contributed by atoms with van der Waals surface area (Å²) >= 11 is 3.14. The molecule has 0 amide bonds. The minimum atomic E-state index is -3.47. The molecule has 0 atom stereocenters. The van der Waals surface area contributed by atoms with Crippen LogP contribution in [0.15, 0.2) is 50.6 Å². The van der Waals surface area contributed by atoms with Gasteiger partial charge < -0.3 is 14.2 Å². The van der Waals surface area contributed by atoms with Crippen LogP contribution >= 0.6 is 15.9 Å². The van der Waals surface area contributed by atoms with Crippen molar-refractivity contribution in [2.24, 2.45) is 7.05 Å². The molecule has 2 heterocycles. The van der Waals surface area contributed by atoms with Crippen molar-refractivity contribution in [2.45, 2.75) is 19.8 Å². The third kappa shape index (κ3) is 5.73. The van der Waals surface area contributed by atoms with Gasteiger partial charge in [0.1, 0.15) is 11.6 Å². The van der Waals surface area contributed by atoms with Gasteiger partial charge in [-0.2, -0.15) is 0 Å². The van der Waals surface area contributed by atoms with E-state index in [0.717, 1.165) is 19.2 Å². The van der Waals surface area contributed by atoms with Crippen LogP contribution in [0.25, 0.3) is 5.69 Å². The highest BCUT2D eigenvalue weighted by molar-refractivity contribution is 9.10. The molecule has 9 nitrogen and oxygen atoms in total. The summed E-state index contributed by atoms with van der Waals surface area (Å²) in [5.74, 6) is -5.22. The Bertz CT molecular complexity index is 1380. The molecule has 0 saturated heterocycles. The third-order valence-corrected chi connectivity index (χ3v) is 5.22. The fourth-order valence-electron chi connectivity index (χ4n) is 3.05. The summed E-state index contributed by atoms with van der Waals surface area (Å²) in [5.41, 5.74) is -3.69. The molecule has 186 valence electrons. The summed E-state index contributed by atoms with van der Waals surface area (Å²) in [6, 6.07) is 5.50. The van der Waals surface area contributed by atoms with E-state index in [1.807, 2.05) is 0 Å². The maximum absolute atomic E-state index is 14.8. The molecule has 3 rings (SSSR count). The Labute approximate surface area is 204 Å². The Hall–Kier alpha value is -3.61. The summed E-state index contributed by atoms with van der Waals surface area (Å²) < 4.78 is 59.3. The molecule has 0 aliphatic heterocycles. The number of hydrogen-bond donors (Lipinski definition) is 0. The molecule has 0 unspecified atom stereocenters. The van der Waals surface area contributed by atoms with Gasteiger partial charge in [-0.1, -0.05) is 0 Å². The monoisotopic (exact) mass is 557 g/mol. The first-order valence-electron chi connectivity index (χ1n) is 10.1. The number of carbonyl (C=O) groups excluding carboxylic acids is 1. The first-order valence-corrected chi connectivity index (χ1v) is 10.9. The van der Waals surface area contributed by atoms with Crippen LogP contribution in [0, 0.1) is 5.82 Å². The summed E-state index contributed by atoms with van der Waals surface area (Å²) in [5, 5.41) is 0. The highest BCUT2D eigenvalue weighted by atomic mass is 79.9. The number of ether oxygens (including phenoxy) is 3. The van der Waals surface area contributed by atoms with E-state index in [1.54, 1.807) is 6.92 Å². The normalized spacial score (nSPS) is 11.3. The van der Waals surface area contributed by atoms with Crippen molar-refractivity contribution in [1.82, 2.24) is 14.1 Å². The van der Waals surface area contributed by atoms with Gasteiger partial charge in [-0.25, -0.2) is 32.3 Å². The smallest absolute Gasteiger partial charge is 0.344 e. The maximum atomic E-state index is 14.8. The summed E-state index contributed by atoms with van der Waals surface area (Å²) in [6.45, 7) is 1.88. The number of alkyl halides is 2. The van der Waals surface area contributed by atoms with Crippen LogP contribution < -0.4 is 20.7 Å². The second-order valence-corrected chi connectivity index (χ2v) is 8.02. The zero-order chi connectivity index (χ0) is 25.9. The van der Waals surface area contributed by atoms with Crippen molar-refractivity contribution < 1.29 is 32.2 Å². The molecule has 0 spiro atoms. The third-order valence-electron chi connectivity index (χ3n) is 4.60. The highest BCUT2D eigenvalue weighted by Crippen LogP contribution is 2.36. The number of hydrogen-bond acceptors (Lipinski definition) is 7. The van der Waals surface area contributed by atoms with Crippen molar-refractivity contribution in [3.05, 3.63) is 73.4 Å². The minimum absolute atomic E-state index is 0.0243. The fourth-order valence-corrected chi connectivity index (χ4v) is 3.44. The van der Waals surface area contributed by atoms with E-state index >= 15 is 0 Å². The lowest BCUT2D eigenvalue weighted by Gasteiger charge is -2.17. The van der Waals surface area contributed by atoms with E-state index in [4.69, 9.17) is 14.2 Å². The predicted octanol–water partition coefficient (Wildman–Crippen LogP) is 3.68. The molecule has 13 heteroatoms. The molecular formula is C22H19BrF3N3O6. The van der Waals surface area contributed by atoms with E-state index in [1.165, 1.54) is 18.3 Å². The molecule has 0 saturated carbocycles. The number of pyridine rings is 1. The first-order chi connectivity index (χ1) is 16.4. The average Bonchev–Trinajstić information content (AvgIpc) is 2.78. The molecule has 0 aliphatic carbocycles. The Morgan fingerprint density at radius 1 is 1.20 bits per heavy atom. The van der Waals surface area contributed by atoms with Gasteiger partial charge in [-0.05, 0) is 41.1 Å². The van der Waals surface area contributed by atoms with Gasteiger partial charge in [0.2, 0.25) is 0 Å². The molecule has 2 aromatic heterocycles. The van der Waals surface area contributed by atoms with E-state index in [0.29, 0.717) is 22.1 Å². The largest absolute Gasteiger partial charge is 0.463 e. The minimum Gasteiger partial charge on any atom is -0.463 e.